The fourth-order valence-electron chi connectivity index (χ4n) is 3.37. The lowest BCUT2D eigenvalue weighted by Crippen LogP contribution is -2.44. The Labute approximate surface area is 178 Å². The standard InChI is InChI=1S/C20H28N6.HI/c1-15(17-7-5-4-6-8-17)26-12-10-19(14-26)25-20(21-3)23-13-18-9-11-22-16(2)24-18;/h4-9,11,15,19H,10,12-14H2,1-3H3,(H2,21,23,25);1H. The van der Waals surface area contributed by atoms with Gasteiger partial charge in [0, 0.05) is 38.4 Å². The van der Waals surface area contributed by atoms with Crippen LogP contribution in [0.3, 0.4) is 0 Å². The summed E-state index contributed by atoms with van der Waals surface area (Å²) in [7, 11) is 1.81. The molecule has 0 spiro atoms. The van der Waals surface area contributed by atoms with E-state index in [0.717, 1.165) is 37.0 Å². The number of likely N-dealkylation sites (tertiary alicyclic amines) is 1. The third-order valence-electron chi connectivity index (χ3n) is 4.88. The van der Waals surface area contributed by atoms with E-state index in [4.69, 9.17) is 0 Å². The van der Waals surface area contributed by atoms with Crippen LogP contribution in [-0.2, 0) is 6.54 Å². The summed E-state index contributed by atoms with van der Waals surface area (Å²) < 4.78 is 0. The third-order valence-corrected chi connectivity index (χ3v) is 4.88. The smallest absolute Gasteiger partial charge is 0.191 e. The number of nitrogens with zero attached hydrogens (tertiary/aromatic N) is 4. The number of hydrogen-bond acceptors (Lipinski definition) is 4. The molecule has 0 amide bonds. The number of nitrogens with one attached hydrogen (secondary N) is 2. The molecular formula is C20H29IN6. The maximum Gasteiger partial charge on any atom is 0.191 e. The van der Waals surface area contributed by atoms with Gasteiger partial charge in [0.25, 0.3) is 0 Å². The fourth-order valence-corrected chi connectivity index (χ4v) is 3.37. The minimum Gasteiger partial charge on any atom is -0.352 e. The molecule has 6 nitrogen and oxygen atoms in total. The zero-order valence-corrected chi connectivity index (χ0v) is 18.6. The molecule has 0 saturated carbocycles. The van der Waals surface area contributed by atoms with Gasteiger partial charge >= 0.3 is 0 Å². The zero-order chi connectivity index (χ0) is 18.4. The van der Waals surface area contributed by atoms with Crippen molar-refractivity contribution in [3.05, 3.63) is 59.7 Å². The number of guanidine groups is 1. The van der Waals surface area contributed by atoms with Crippen molar-refractivity contribution >= 4 is 29.9 Å². The van der Waals surface area contributed by atoms with E-state index in [1.165, 1.54) is 5.56 Å². The Morgan fingerprint density at radius 3 is 2.78 bits per heavy atom. The van der Waals surface area contributed by atoms with E-state index in [1.54, 1.807) is 13.2 Å². The molecule has 1 aliphatic heterocycles. The highest BCUT2D eigenvalue weighted by Crippen LogP contribution is 2.24. The summed E-state index contributed by atoms with van der Waals surface area (Å²) in [6.07, 6.45) is 2.90. The summed E-state index contributed by atoms with van der Waals surface area (Å²) in [6, 6.07) is 13.5. The van der Waals surface area contributed by atoms with Crippen LogP contribution in [0.2, 0.25) is 0 Å². The first-order valence-electron chi connectivity index (χ1n) is 9.20. The van der Waals surface area contributed by atoms with Crippen LogP contribution < -0.4 is 10.6 Å². The first kappa shape index (κ1) is 21.6. The molecular weight excluding hydrogens is 451 g/mol. The highest BCUT2D eigenvalue weighted by atomic mass is 127. The molecule has 146 valence electrons. The molecule has 0 aliphatic carbocycles. The van der Waals surface area contributed by atoms with Crippen LogP contribution in [0.4, 0.5) is 0 Å². The summed E-state index contributed by atoms with van der Waals surface area (Å²) in [4.78, 5) is 15.4. The van der Waals surface area contributed by atoms with Crippen molar-refractivity contribution in [3.8, 4) is 0 Å². The average Bonchev–Trinajstić information content (AvgIpc) is 3.14. The summed E-state index contributed by atoms with van der Waals surface area (Å²) in [5.41, 5.74) is 2.33. The topological polar surface area (TPSA) is 65.4 Å². The van der Waals surface area contributed by atoms with Crippen molar-refractivity contribution in [1.82, 2.24) is 25.5 Å². The number of aliphatic imine (C=N–C) groups is 1. The van der Waals surface area contributed by atoms with Gasteiger partial charge in [0.2, 0.25) is 0 Å². The number of benzene rings is 1. The Bertz CT molecular complexity index is 736. The molecule has 1 saturated heterocycles. The van der Waals surface area contributed by atoms with Crippen LogP contribution >= 0.6 is 24.0 Å². The van der Waals surface area contributed by atoms with Gasteiger partial charge in [-0.2, -0.15) is 0 Å². The molecule has 2 aromatic rings. The second kappa shape index (κ2) is 10.6. The van der Waals surface area contributed by atoms with Gasteiger partial charge in [-0.1, -0.05) is 30.3 Å². The van der Waals surface area contributed by atoms with Crippen LogP contribution in [-0.4, -0.2) is 47.0 Å². The molecule has 3 rings (SSSR count). The van der Waals surface area contributed by atoms with Crippen molar-refractivity contribution in [2.24, 2.45) is 4.99 Å². The van der Waals surface area contributed by atoms with Crippen molar-refractivity contribution in [2.75, 3.05) is 20.1 Å². The average molecular weight is 480 g/mol. The molecule has 1 aliphatic rings. The van der Waals surface area contributed by atoms with Crippen LogP contribution in [0.15, 0.2) is 47.6 Å². The molecule has 1 aromatic carbocycles. The second-order valence-corrected chi connectivity index (χ2v) is 6.73. The molecule has 2 unspecified atom stereocenters. The molecule has 2 atom stereocenters. The van der Waals surface area contributed by atoms with Gasteiger partial charge in [-0.15, -0.1) is 24.0 Å². The van der Waals surface area contributed by atoms with Gasteiger partial charge in [-0.3, -0.25) is 9.89 Å². The predicted molar refractivity (Wildman–Crippen MR) is 120 cm³/mol. The van der Waals surface area contributed by atoms with Gasteiger partial charge in [0.1, 0.15) is 5.82 Å². The van der Waals surface area contributed by atoms with Crippen LogP contribution in [0.1, 0.15) is 36.5 Å². The highest BCUT2D eigenvalue weighted by molar-refractivity contribution is 14.0. The lowest BCUT2D eigenvalue weighted by Gasteiger charge is -2.25. The monoisotopic (exact) mass is 480 g/mol. The van der Waals surface area contributed by atoms with E-state index in [0.29, 0.717) is 18.6 Å². The number of aromatic nitrogens is 2. The van der Waals surface area contributed by atoms with Crippen molar-refractivity contribution in [1.29, 1.82) is 0 Å². The molecule has 1 aromatic heterocycles. The van der Waals surface area contributed by atoms with Gasteiger partial charge in [-0.05, 0) is 31.9 Å². The van der Waals surface area contributed by atoms with E-state index in [9.17, 15) is 0 Å². The Balaban J connectivity index is 0.00000261. The molecule has 2 N–H and O–H groups in total. The lowest BCUT2D eigenvalue weighted by molar-refractivity contribution is 0.258. The Morgan fingerprint density at radius 2 is 2.07 bits per heavy atom. The summed E-state index contributed by atoms with van der Waals surface area (Å²) >= 11 is 0. The molecule has 0 radical (unpaired) electrons. The van der Waals surface area contributed by atoms with Crippen LogP contribution in [0.5, 0.6) is 0 Å². The number of hydrogen-bond donors (Lipinski definition) is 2. The summed E-state index contributed by atoms with van der Waals surface area (Å²) in [5, 5.41) is 6.89. The predicted octanol–water partition coefficient (Wildman–Crippen LogP) is 2.90. The first-order chi connectivity index (χ1) is 12.7. The summed E-state index contributed by atoms with van der Waals surface area (Å²) in [5.74, 6) is 1.61. The maximum atomic E-state index is 4.42. The minimum atomic E-state index is 0. The number of halogens is 1. The molecule has 0 bridgehead atoms. The number of aryl methyl sites for hydroxylation is 1. The number of rotatable bonds is 5. The second-order valence-electron chi connectivity index (χ2n) is 6.73. The molecule has 7 heteroatoms. The maximum absolute atomic E-state index is 4.42. The van der Waals surface area contributed by atoms with E-state index in [-0.39, 0.29) is 24.0 Å². The van der Waals surface area contributed by atoms with E-state index in [1.807, 2.05) is 13.0 Å². The van der Waals surface area contributed by atoms with Crippen LogP contribution in [0.25, 0.3) is 0 Å². The lowest BCUT2D eigenvalue weighted by atomic mass is 10.1. The molecule has 2 heterocycles. The van der Waals surface area contributed by atoms with Crippen molar-refractivity contribution in [3.63, 3.8) is 0 Å². The Hall–Kier alpha value is -1.74. The van der Waals surface area contributed by atoms with Gasteiger partial charge < -0.3 is 10.6 Å². The van der Waals surface area contributed by atoms with E-state index >= 15 is 0 Å². The molecule has 1 fully saturated rings. The highest BCUT2D eigenvalue weighted by Gasteiger charge is 2.27. The normalized spacial score (nSPS) is 18.6. The Kier molecular flexibility index (Phi) is 8.43. The third kappa shape index (κ3) is 6.14. The first-order valence-corrected chi connectivity index (χ1v) is 9.20. The van der Waals surface area contributed by atoms with E-state index < -0.39 is 0 Å². The van der Waals surface area contributed by atoms with Crippen molar-refractivity contribution < 1.29 is 0 Å². The summed E-state index contributed by atoms with van der Waals surface area (Å²) in [6.45, 7) is 6.93. The quantitative estimate of drug-likeness (QED) is 0.392. The SMILES string of the molecule is CN=C(NCc1ccnc(C)n1)NC1CCN(C(C)c2ccccc2)C1.I. The zero-order valence-electron chi connectivity index (χ0n) is 16.2. The largest absolute Gasteiger partial charge is 0.352 e. The Morgan fingerprint density at radius 1 is 1.30 bits per heavy atom. The van der Waals surface area contributed by atoms with E-state index in [2.05, 4.69) is 67.7 Å². The van der Waals surface area contributed by atoms with Crippen LogP contribution in [0, 0.1) is 6.92 Å². The van der Waals surface area contributed by atoms with Gasteiger partial charge in [-0.25, -0.2) is 9.97 Å². The van der Waals surface area contributed by atoms with Crippen molar-refractivity contribution in [2.45, 2.75) is 38.9 Å². The van der Waals surface area contributed by atoms with Gasteiger partial charge in [0.05, 0.1) is 12.2 Å². The molecule has 27 heavy (non-hydrogen) atoms. The minimum absolute atomic E-state index is 0. The van der Waals surface area contributed by atoms with Gasteiger partial charge in [0.15, 0.2) is 5.96 Å². The fraction of sp³-hybridized carbons (Fsp3) is 0.450.